The van der Waals surface area contributed by atoms with Crippen LogP contribution in [0.5, 0.6) is 0 Å². The topological polar surface area (TPSA) is 83.9 Å². The van der Waals surface area contributed by atoms with Crippen molar-refractivity contribution in [3.05, 3.63) is 59.4 Å². The predicted molar refractivity (Wildman–Crippen MR) is 117 cm³/mol. The van der Waals surface area contributed by atoms with Crippen LogP contribution in [0.3, 0.4) is 0 Å². The van der Waals surface area contributed by atoms with Crippen LogP contribution in [0, 0.1) is 0 Å². The van der Waals surface area contributed by atoms with Crippen molar-refractivity contribution in [1.29, 1.82) is 0 Å². The van der Waals surface area contributed by atoms with Gasteiger partial charge in [-0.1, -0.05) is 12.1 Å². The van der Waals surface area contributed by atoms with Gasteiger partial charge in [-0.2, -0.15) is 0 Å². The highest BCUT2D eigenvalue weighted by molar-refractivity contribution is 5.95. The quantitative estimate of drug-likeness (QED) is 0.818. The average Bonchev–Trinajstić information content (AvgIpc) is 3.17. The van der Waals surface area contributed by atoms with E-state index in [2.05, 4.69) is 5.32 Å². The maximum atomic E-state index is 13.3. The fourth-order valence-electron chi connectivity index (χ4n) is 3.67. The van der Waals surface area contributed by atoms with E-state index in [0.29, 0.717) is 24.3 Å². The normalized spacial score (nSPS) is 16.7. The zero-order chi connectivity index (χ0) is 22.8. The fourth-order valence-corrected chi connectivity index (χ4v) is 3.67. The van der Waals surface area contributed by atoms with Crippen molar-refractivity contribution < 1.29 is 19.1 Å². The molecule has 1 saturated heterocycles. The van der Waals surface area contributed by atoms with E-state index in [9.17, 15) is 14.4 Å². The molecule has 0 saturated carbocycles. The molecule has 166 valence electrons. The molecule has 0 spiro atoms. The molecule has 3 amide bonds. The molecule has 1 aromatic carbocycles. The van der Waals surface area contributed by atoms with Gasteiger partial charge in [-0.25, -0.2) is 4.79 Å². The third-order valence-corrected chi connectivity index (χ3v) is 5.22. The number of aromatic nitrogens is 1. The van der Waals surface area contributed by atoms with Gasteiger partial charge in [-0.05, 0) is 50.6 Å². The van der Waals surface area contributed by atoms with Gasteiger partial charge >= 0.3 is 6.09 Å². The molecule has 1 aromatic heterocycles. The van der Waals surface area contributed by atoms with Crippen LogP contribution in [0.15, 0.2) is 42.6 Å². The summed E-state index contributed by atoms with van der Waals surface area (Å²) in [5, 5.41) is 2.62. The van der Waals surface area contributed by atoms with E-state index < -0.39 is 17.7 Å². The van der Waals surface area contributed by atoms with Crippen LogP contribution in [-0.4, -0.2) is 64.6 Å². The van der Waals surface area contributed by atoms with E-state index in [1.807, 2.05) is 46.1 Å². The van der Waals surface area contributed by atoms with Crippen LogP contribution >= 0.6 is 0 Å². The van der Waals surface area contributed by atoms with E-state index >= 15 is 0 Å². The molecule has 1 aliphatic heterocycles. The zero-order valence-electron chi connectivity index (χ0n) is 18.7. The van der Waals surface area contributed by atoms with Crippen molar-refractivity contribution in [2.45, 2.75) is 32.4 Å². The summed E-state index contributed by atoms with van der Waals surface area (Å²) in [7, 11) is 3.40. The number of hydrogen-bond acceptors (Lipinski definition) is 4. The smallest absolute Gasteiger partial charge is 0.410 e. The third kappa shape index (κ3) is 5.07. The molecule has 1 N–H and O–H groups in total. The number of piperazine rings is 1. The predicted octanol–water partition coefficient (Wildman–Crippen LogP) is 2.82. The van der Waals surface area contributed by atoms with E-state index in [1.54, 1.807) is 45.7 Å². The molecule has 0 unspecified atom stereocenters. The SMILES string of the molecule is CNC(=O)c1cccc([C@@H]2CN(C(=O)OC(C)(C)C)CCN2C(=O)c2cccn2C)c1. The highest BCUT2D eigenvalue weighted by Crippen LogP contribution is 2.29. The number of nitrogens with zero attached hydrogens (tertiary/aromatic N) is 3. The van der Waals surface area contributed by atoms with Gasteiger partial charge in [0.05, 0.1) is 6.04 Å². The highest BCUT2D eigenvalue weighted by atomic mass is 16.6. The molecule has 8 heteroatoms. The Hall–Kier alpha value is -3.29. The molecule has 0 radical (unpaired) electrons. The molecule has 2 aromatic rings. The zero-order valence-corrected chi connectivity index (χ0v) is 18.7. The lowest BCUT2D eigenvalue weighted by Gasteiger charge is -2.42. The number of benzene rings is 1. The van der Waals surface area contributed by atoms with Gasteiger partial charge in [0.25, 0.3) is 11.8 Å². The van der Waals surface area contributed by atoms with Gasteiger partial charge in [-0.3, -0.25) is 9.59 Å². The van der Waals surface area contributed by atoms with E-state index in [0.717, 1.165) is 5.56 Å². The van der Waals surface area contributed by atoms with E-state index in [-0.39, 0.29) is 18.4 Å². The summed E-state index contributed by atoms with van der Waals surface area (Å²) in [6, 6.07) is 10.4. The summed E-state index contributed by atoms with van der Waals surface area (Å²) in [5.74, 6) is -0.325. The van der Waals surface area contributed by atoms with Crippen LogP contribution in [0.2, 0.25) is 0 Å². The van der Waals surface area contributed by atoms with Gasteiger partial charge in [0.15, 0.2) is 0 Å². The van der Waals surface area contributed by atoms with Crippen molar-refractivity contribution in [1.82, 2.24) is 19.7 Å². The third-order valence-electron chi connectivity index (χ3n) is 5.22. The van der Waals surface area contributed by atoms with Crippen LogP contribution in [0.25, 0.3) is 0 Å². The van der Waals surface area contributed by atoms with Crippen LogP contribution in [-0.2, 0) is 11.8 Å². The summed E-state index contributed by atoms with van der Waals surface area (Å²) in [5.41, 5.74) is 1.25. The molecule has 1 aliphatic rings. The molecule has 3 rings (SSSR count). The average molecular weight is 427 g/mol. The summed E-state index contributed by atoms with van der Waals surface area (Å²) in [6.45, 7) is 6.48. The number of carbonyl (C=O) groups is 3. The number of aryl methyl sites for hydroxylation is 1. The van der Waals surface area contributed by atoms with Crippen molar-refractivity contribution >= 4 is 17.9 Å². The number of carbonyl (C=O) groups excluding carboxylic acids is 3. The Morgan fingerprint density at radius 1 is 1.10 bits per heavy atom. The van der Waals surface area contributed by atoms with Gasteiger partial charge in [0.1, 0.15) is 11.3 Å². The molecule has 2 heterocycles. The van der Waals surface area contributed by atoms with Gasteiger partial charge < -0.3 is 24.4 Å². The summed E-state index contributed by atoms with van der Waals surface area (Å²) in [6.07, 6.45) is 1.41. The maximum Gasteiger partial charge on any atom is 0.410 e. The Kier molecular flexibility index (Phi) is 6.38. The number of ether oxygens (including phenoxy) is 1. The largest absolute Gasteiger partial charge is 0.444 e. The fraction of sp³-hybridized carbons (Fsp3) is 0.435. The summed E-state index contributed by atoms with van der Waals surface area (Å²) < 4.78 is 7.32. The number of amides is 3. The molecule has 31 heavy (non-hydrogen) atoms. The molecule has 8 nitrogen and oxygen atoms in total. The second-order valence-electron chi connectivity index (χ2n) is 8.65. The summed E-state index contributed by atoms with van der Waals surface area (Å²) in [4.78, 5) is 41.6. The van der Waals surface area contributed by atoms with Gasteiger partial charge in [-0.15, -0.1) is 0 Å². The molecule has 0 bridgehead atoms. The Balaban J connectivity index is 1.94. The van der Waals surface area contributed by atoms with E-state index in [4.69, 9.17) is 4.74 Å². The highest BCUT2D eigenvalue weighted by Gasteiger charge is 2.36. The first kappa shape index (κ1) is 22.4. The lowest BCUT2D eigenvalue weighted by atomic mass is 9.99. The van der Waals surface area contributed by atoms with E-state index in [1.165, 1.54) is 0 Å². The Morgan fingerprint density at radius 2 is 1.84 bits per heavy atom. The minimum absolute atomic E-state index is 0.119. The minimum atomic E-state index is -0.609. The first-order valence-corrected chi connectivity index (χ1v) is 10.3. The second-order valence-corrected chi connectivity index (χ2v) is 8.65. The van der Waals surface area contributed by atoms with Crippen molar-refractivity contribution in [3.8, 4) is 0 Å². The first-order valence-electron chi connectivity index (χ1n) is 10.3. The van der Waals surface area contributed by atoms with Gasteiger partial charge in [0.2, 0.25) is 0 Å². The lowest BCUT2D eigenvalue weighted by molar-refractivity contribution is 0.00386. The minimum Gasteiger partial charge on any atom is -0.444 e. The molecule has 1 fully saturated rings. The monoisotopic (exact) mass is 426 g/mol. The Labute approximate surface area is 182 Å². The Bertz CT molecular complexity index is 976. The molecular formula is C23H30N4O4. The standard InChI is InChI=1S/C23H30N4O4/c1-23(2,3)31-22(30)26-12-13-27(21(29)18-10-7-11-25(18)5)19(15-26)16-8-6-9-17(14-16)20(28)24-4/h6-11,14,19H,12-13,15H2,1-5H3,(H,24,28)/t19-/m0/s1. The molecule has 1 atom stereocenters. The van der Waals surface area contributed by atoms with Crippen molar-refractivity contribution in [3.63, 3.8) is 0 Å². The molecular weight excluding hydrogens is 396 g/mol. The second kappa shape index (κ2) is 8.83. The van der Waals surface area contributed by atoms with Crippen LogP contribution in [0.4, 0.5) is 4.79 Å². The van der Waals surface area contributed by atoms with Crippen molar-refractivity contribution in [2.75, 3.05) is 26.7 Å². The number of hydrogen-bond donors (Lipinski definition) is 1. The lowest BCUT2D eigenvalue weighted by Crippen LogP contribution is -2.53. The number of rotatable bonds is 3. The van der Waals surface area contributed by atoms with Gasteiger partial charge in [0, 0.05) is 45.5 Å². The number of nitrogens with one attached hydrogen (secondary N) is 1. The van der Waals surface area contributed by atoms with Crippen LogP contribution < -0.4 is 5.32 Å². The molecule has 0 aliphatic carbocycles. The van der Waals surface area contributed by atoms with Crippen LogP contribution in [0.1, 0.15) is 53.2 Å². The van der Waals surface area contributed by atoms with Crippen molar-refractivity contribution in [2.24, 2.45) is 7.05 Å². The first-order chi connectivity index (χ1) is 14.6. The Morgan fingerprint density at radius 3 is 2.45 bits per heavy atom. The maximum absolute atomic E-state index is 13.3. The summed E-state index contributed by atoms with van der Waals surface area (Å²) >= 11 is 0.